The Kier molecular flexibility index (Phi) is 4.57. The maximum absolute atomic E-state index is 13.1. The van der Waals surface area contributed by atoms with Crippen LogP contribution in [-0.4, -0.2) is 42.1 Å². The number of alkyl halides is 3. The number of carbonyl (C=O) groups excluding carboxylic acids is 1. The highest BCUT2D eigenvalue weighted by atomic mass is 19.4. The molecule has 0 radical (unpaired) electrons. The molecule has 2 aromatic rings. The van der Waals surface area contributed by atoms with Gasteiger partial charge in [0.2, 0.25) is 0 Å². The first-order valence-corrected chi connectivity index (χ1v) is 7.86. The Morgan fingerprint density at radius 2 is 1.52 bits per heavy atom. The molecule has 0 saturated carbocycles. The number of para-hydroxylation sites is 2. The number of amides is 1. The Morgan fingerprint density at radius 3 is 2.16 bits per heavy atom. The van der Waals surface area contributed by atoms with Gasteiger partial charge in [0, 0.05) is 26.2 Å². The van der Waals surface area contributed by atoms with Crippen molar-refractivity contribution in [3.8, 4) is 5.75 Å². The van der Waals surface area contributed by atoms with Crippen LogP contribution in [0, 0.1) is 0 Å². The lowest BCUT2D eigenvalue weighted by molar-refractivity contribution is -0.138. The molecule has 1 amide bonds. The summed E-state index contributed by atoms with van der Waals surface area (Å²) >= 11 is 0. The molecule has 25 heavy (non-hydrogen) atoms. The Morgan fingerprint density at radius 1 is 0.920 bits per heavy atom. The summed E-state index contributed by atoms with van der Waals surface area (Å²) in [5.74, 6) is -0.477. The van der Waals surface area contributed by atoms with E-state index < -0.39 is 17.6 Å². The molecular weight excluding hydrogens is 333 g/mol. The van der Waals surface area contributed by atoms with E-state index in [1.807, 2.05) is 4.90 Å². The summed E-state index contributed by atoms with van der Waals surface area (Å²) in [5.41, 5.74) is -0.584. The number of piperazine rings is 1. The predicted octanol–water partition coefficient (Wildman–Crippen LogP) is 3.37. The van der Waals surface area contributed by atoms with Gasteiger partial charge in [-0.2, -0.15) is 13.2 Å². The highest BCUT2D eigenvalue weighted by Gasteiger charge is 2.36. The van der Waals surface area contributed by atoms with Crippen molar-refractivity contribution in [3.05, 3.63) is 59.7 Å². The maximum atomic E-state index is 13.1. The summed E-state index contributed by atoms with van der Waals surface area (Å²) < 4.78 is 39.3. The minimum absolute atomic E-state index is 0.143. The number of carbonyl (C=O) groups is 1. The summed E-state index contributed by atoms with van der Waals surface area (Å²) in [5, 5.41) is 9.89. The van der Waals surface area contributed by atoms with Gasteiger partial charge in [-0.3, -0.25) is 4.79 Å². The second-order valence-corrected chi connectivity index (χ2v) is 5.81. The van der Waals surface area contributed by atoms with Crippen LogP contribution in [0.25, 0.3) is 0 Å². The number of hydrogen-bond donors (Lipinski definition) is 1. The smallest absolute Gasteiger partial charge is 0.417 e. The van der Waals surface area contributed by atoms with Crippen molar-refractivity contribution in [2.24, 2.45) is 0 Å². The number of anilines is 1. The average Bonchev–Trinajstić information content (AvgIpc) is 2.61. The molecule has 4 nitrogen and oxygen atoms in total. The van der Waals surface area contributed by atoms with Crippen LogP contribution in [0.4, 0.5) is 18.9 Å². The molecule has 2 aromatic carbocycles. The van der Waals surface area contributed by atoms with E-state index in [9.17, 15) is 23.1 Å². The normalized spacial score (nSPS) is 15.3. The minimum atomic E-state index is -4.57. The Balaban J connectivity index is 1.74. The Hall–Kier alpha value is -2.70. The zero-order chi connectivity index (χ0) is 18.0. The fraction of sp³-hybridized carbons (Fsp3) is 0.278. The SMILES string of the molecule is O=C(c1ccccc1C(F)(F)F)N1CCN(c2ccccc2O)CC1. The molecule has 1 aliphatic heterocycles. The van der Waals surface area contributed by atoms with Crippen LogP contribution >= 0.6 is 0 Å². The van der Waals surface area contributed by atoms with Gasteiger partial charge in [0.1, 0.15) is 5.75 Å². The van der Waals surface area contributed by atoms with E-state index in [-0.39, 0.29) is 11.3 Å². The molecule has 1 heterocycles. The van der Waals surface area contributed by atoms with Gasteiger partial charge in [-0.15, -0.1) is 0 Å². The van der Waals surface area contributed by atoms with E-state index in [1.165, 1.54) is 23.1 Å². The van der Waals surface area contributed by atoms with E-state index in [0.717, 1.165) is 6.07 Å². The monoisotopic (exact) mass is 350 g/mol. The van der Waals surface area contributed by atoms with Crippen molar-refractivity contribution < 1.29 is 23.1 Å². The fourth-order valence-electron chi connectivity index (χ4n) is 2.97. The highest BCUT2D eigenvalue weighted by molar-refractivity contribution is 5.96. The topological polar surface area (TPSA) is 43.8 Å². The molecule has 0 unspecified atom stereocenters. The van der Waals surface area contributed by atoms with Crippen molar-refractivity contribution in [1.82, 2.24) is 4.90 Å². The van der Waals surface area contributed by atoms with Crippen molar-refractivity contribution >= 4 is 11.6 Å². The lowest BCUT2D eigenvalue weighted by Crippen LogP contribution is -2.49. The molecule has 0 spiro atoms. The van der Waals surface area contributed by atoms with Gasteiger partial charge in [-0.1, -0.05) is 24.3 Å². The number of rotatable bonds is 2. The van der Waals surface area contributed by atoms with Gasteiger partial charge >= 0.3 is 6.18 Å². The van der Waals surface area contributed by atoms with Gasteiger partial charge < -0.3 is 14.9 Å². The Bertz CT molecular complexity index is 769. The van der Waals surface area contributed by atoms with Crippen LogP contribution in [-0.2, 0) is 6.18 Å². The minimum Gasteiger partial charge on any atom is -0.506 e. The van der Waals surface area contributed by atoms with Crippen molar-refractivity contribution in [1.29, 1.82) is 0 Å². The molecule has 0 bridgehead atoms. The van der Waals surface area contributed by atoms with Crippen molar-refractivity contribution in [2.75, 3.05) is 31.1 Å². The van der Waals surface area contributed by atoms with E-state index in [4.69, 9.17) is 0 Å². The van der Waals surface area contributed by atoms with E-state index >= 15 is 0 Å². The van der Waals surface area contributed by atoms with Crippen LogP contribution in [0.2, 0.25) is 0 Å². The number of aromatic hydroxyl groups is 1. The quantitative estimate of drug-likeness (QED) is 0.903. The molecular formula is C18H17F3N2O2. The summed E-state index contributed by atoms with van der Waals surface area (Å²) in [4.78, 5) is 15.9. The standard InChI is InChI=1S/C18H17F3N2O2/c19-18(20,21)14-6-2-1-5-13(14)17(25)23-11-9-22(10-12-23)15-7-3-4-8-16(15)24/h1-8,24H,9-12H2. The van der Waals surface area contributed by atoms with Crippen molar-refractivity contribution in [2.45, 2.75) is 6.18 Å². The van der Waals surface area contributed by atoms with Crippen molar-refractivity contribution in [3.63, 3.8) is 0 Å². The number of nitrogens with zero attached hydrogens (tertiary/aromatic N) is 2. The molecule has 132 valence electrons. The largest absolute Gasteiger partial charge is 0.506 e. The average molecular weight is 350 g/mol. The van der Waals surface area contributed by atoms with Crippen LogP contribution in [0.5, 0.6) is 5.75 Å². The predicted molar refractivity (Wildman–Crippen MR) is 87.7 cm³/mol. The molecule has 1 aliphatic rings. The first kappa shape index (κ1) is 17.1. The molecule has 1 fully saturated rings. The molecule has 1 saturated heterocycles. The second-order valence-electron chi connectivity index (χ2n) is 5.81. The third-order valence-corrected chi connectivity index (χ3v) is 4.25. The second kappa shape index (κ2) is 6.66. The molecule has 3 rings (SSSR count). The maximum Gasteiger partial charge on any atom is 0.417 e. The highest BCUT2D eigenvalue weighted by Crippen LogP contribution is 2.33. The third-order valence-electron chi connectivity index (χ3n) is 4.25. The number of phenolic OH excluding ortho intramolecular Hbond substituents is 1. The number of benzene rings is 2. The lowest BCUT2D eigenvalue weighted by atomic mass is 10.1. The number of phenols is 1. The van der Waals surface area contributed by atoms with Gasteiger partial charge in [-0.05, 0) is 24.3 Å². The molecule has 0 atom stereocenters. The van der Waals surface area contributed by atoms with E-state index in [0.29, 0.717) is 31.9 Å². The van der Waals surface area contributed by atoms with Crippen LogP contribution < -0.4 is 4.90 Å². The fourth-order valence-corrected chi connectivity index (χ4v) is 2.97. The van der Waals surface area contributed by atoms with Gasteiger partial charge in [0.25, 0.3) is 5.91 Å². The summed E-state index contributed by atoms with van der Waals surface area (Å²) in [6.45, 7) is 1.47. The van der Waals surface area contributed by atoms with Gasteiger partial charge in [0.15, 0.2) is 0 Å². The van der Waals surface area contributed by atoms with Gasteiger partial charge in [-0.25, -0.2) is 0 Å². The third kappa shape index (κ3) is 3.55. The van der Waals surface area contributed by atoms with Crippen LogP contribution in [0.3, 0.4) is 0 Å². The lowest BCUT2D eigenvalue weighted by Gasteiger charge is -2.36. The molecule has 0 aromatic heterocycles. The zero-order valence-corrected chi connectivity index (χ0v) is 13.3. The molecule has 7 heteroatoms. The van der Waals surface area contributed by atoms with Gasteiger partial charge in [0.05, 0.1) is 16.8 Å². The Labute approximate surface area is 143 Å². The summed E-state index contributed by atoms with van der Waals surface area (Å²) in [6.07, 6.45) is -4.57. The van der Waals surface area contributed by atoms with Crippen LogP contribution in [0.15, 0.2) is 48.5 Å². The summed E-state index contributed by atoms with van der Waals surface area (Å²) in [6, 6.07) is 11.7. The first-order valence-electron chi connectivity index (χ1n) is 7.86. The molecule has 0 aliphatic carbocycles. The first-order chi connectivity index (χ1) is 11.9. The zero-order valence-electron chi connectivity index (χ0n) is 13.3. The summed E-state index contributed by atoms with van der Waals surface area (Å²) in [7, 11) is 0. The van der Waals surface area contributed by atoms with Crippen LogP contribution in [0.1, 0.15) is 15.9 Å². The molecule has 1 N–H and O–H groups in total. The van der Waals surface area contributed by atoms with E-state index in [2.05, 4.69) is 0 Å². The number of hydrogen-bond acceptors (Lipinski definition) is 3. The number of halogens is 3. The van der Waals surface area contributed by atoms with E-state index in [1.54, 1.807) is 24.3 Å².